The number of anilines is 6. The minimum absolute atomic E-state index is 0.175. The van der Waals surface area contributed by atoms with Crippen molar-refractivity contribution in [3.63, 3.8) is 0 Å². The molecule has 22 aromatic rings. The third-order valence-corrected chi connectivity index (χ3v) is 29.3. The zero-order valence-electron chi connectivity index (χ0n) is 71.6. The van der Waals surface area contributed by atoms with E-state index >= 15 is 0 Å². The van der Waals surface area contributed by atoms with Gasteiger partial charge in [0.05, 0.1) is 5.69 Å². The Kier molecular flexibility index (Phi) is 19.4. The van der Waals surface area contributed by atoms with E-state index in [0.29, 0.717) is 0 Å². The molecule has 0 saturated heterocycles. The van der Waals surface area contributed by atoms with Crippen LogP contribution in [0, 0.1) is 0 Å². The van der Waals surface area contributed by atoms with Crippen LogP contribution in [0.4, 0.5) is 34.1 Å². The first kappa shape index (κ1) is 77.5. The molecule has 606 valence electrons. The predicted octanol–water partition coefficient (Wildman–Crippen LogP) is 35.8. The Morgan fingerprint density at radius 3 is 0.820 bits per heavy atom. The molecule has 0 fully saturated rings. The summed E-state index contributed by atoms with van der Waals surface area (Å²) in [6.07, 6.45) is 0. The Morgan fingerprint density at radius 2 is 0.422 bits per heavy atom. The summed E-state index contributed by atoms with van der Waals surface area (Å²) in [6, 6.07) is 170. The fraction of sp³-hybridized carbons (Fsp3) is 0.0484. The summed E-state index contributed by atoms with van der Waals surface area (Å²) in [7, 11) is 0. The van der Waals surface area contributed by atoms with E-state index in [9.17, 15) is 0 Å². The maximum atomic E-state index is 2.48. The molecular formula is C124H88N2S2. The summed E-state index contributed by atoms with van der Waals surface area (Å²) in [5, 5.41) is 7.73. The molecule has 24 rings (SSSR count). The zero-order valence-corrected chi connectivity index (χ0v) is 73.2. The Balaban J connectivity index is 0.000000147. The average Bonchev–Trinajstić information content (AvgIpc) is 1.57. The Morgan fingerprint density at radius 1 is 0.164 bits per heavy atom. The number of hydrogen-bond donors (Lipinski definition) is 0. The lowest BCUT2D eigenvalue weighted by atomic mass is 9.81. The smallest absolute Gasteiger partial charge is 0.0540 e. The lowest BCUT2D eigenvalue weighted by Crippen LogP contribution is -2.17. The Bertz CT molecular complexity index is 7970. The molecular weight excluding hydrogens is 1580 g/mol. The van der Waals surface area contributed by atoms with Crippen molar-refractivity contribution in [3.05, 3.63) is 483 Å². The van der Waals surface area contributed by atoms with E-state index < -0.39 is 0 Å². The first-order chi connectivity index (χ1) is 62.9. The molecule has 2 aromatic heterocycles. The number of benzene rings is 20. The fourth-order valence-corrected chi connectivity index (χ4v) is 22.6. The summed E-state index contributed by atoms with van der Waals surface area (Å²) < 4.78 is 5.33. The van der Waals surface area contributed by atoms with E-state index in [1.54, 1.807) is 0 Å². The number of rotatable bonds is 15. The van der Waals surface area contributed by atoms with Crippen molar-refractivity contribution in [2.45, 2.75) is 38.5 Å². The van der Waals surface area contributed by atoms with Gasteiger partial charge >= 0.3 is 0 Å². The van der Waals surface area contributed by atoms with Crippen LogP contribution in [-0.4, -0.2) is 0 Å². The molecule has 4 heteroatoms. The van der Waals surface area contributed by atoms with Gasteiger partial charge in [-0.2, -0.15) is 0 Å². The zero-order chi connectivity index (χ0) is 85.6. The van der Waals surface area contributed by atoms with Crippen molar-refractivity contribution in [3.8, 4) is 122 Å². The molecule has 0 spiro atoms. The van der Waals surface area contributed by atoms with Gasteiger partial charge in [-0.05, 0) is 241 Å². The highest BCUT2D eigenvalue weighted by Crippen LogP contribution is 2.56. The van der Waals surface area contributed by atoms with Crippen LogP contribution in [0.15, 0.2) is 461 Å². The molecule has 0 aliphatic heterocycles. The summed E-state index contributed by atoms with van der Waals surface area (Å²) in [6.45, 7) is 9.53. The lowest BCUT2D eigenvalue weighted by molar-refractivity contribution is 0.660. The van der Waals surface area contributed by atoms with Crippen molar-refractivity contribution in [2.75, 3.05) is 9.80 Å². The number of nitrogens with zero attached hydrogens (tertiary/aromatic N) is 2. The highest BCUT2D eigenvalue weighted by molar-refractivity contribution is 7.26. The van der Waals surface area contributed by atoms with Crippen LogP contribution >= 0.6 is 22.7 Å². The quantitative estimate of drug-likeness (QED) is 0.101. The van der Waals surface area contributed by atoms with E-state index in [0.717, 1.165) is 34.1 Å². The summed E-state index contributed by atoms with van der Waals surface area (Å²) >= 11 is 3.76. The van der Waals surface area contributed by atoms with Crippen LogP contribution in [0.2, 0.25) is 0 Å². The molecule has 128 heavy (non-hydrogen) atoms. The number of fused-ring (bicyclic) bond motifs is 13. The molecule has 0 N–H and O–H groups in total. The molecule has 20 aromatic carbocycles. The minimum atomic E-state index is -0.193. The van der Waals surface area contributed by atoms with E-state index in [2.05, 4.69) is 499 Å². The molecule has 0 amide bonds. The van der Waals surface area contributed by atoms with Gasteiger partial charge in [0.1, 0.15) is 0 Å². The SMILES string of the molecule is CC1(C)c2cc(-c3ccccc3)ccc2-c2ccc(N(c3ccc(-c4ccc(-c5ccccc5)cc4)cc3)c3ccc(-c4ccc(-c5cccc6c5sc5ccccc56)cc4)cc3)cc21.CC1(C)c2cc(-c3ccccc3)ccc2-c2ccc(N(c3ccc(-c4cccc5c4sc4ccccc45)cc3)c3ccc(-c4ccc(-c5ccccc5)cc4)c4ccccc34)cc21. The van der Waals surface area contributed by atoms with E-state index in [1.807, 2.05) is 22.7 Å². The van der Waals surface area contributed by atoms with E-state index in [-0.39, 0.29) is 10.8 Å². The maximum Gasteiger partial charge on any atom is 0.0540 e. The monoisotopic (exact) mass is 1670 g/mol. The first-order valence-electron chi connectivity index (χ1n) is 44.3. The lowest BCUT2D eigenvalue weighted by Gasteiger charge is -2.29. The van der Waals surface area contributed by atoms with Gasteiger partial charge in [0.25, 0.3) is 0 Å². The van der Waals surface area contributed by atoms with Crippen LogP contribution < -0.4 is 9.80 Å². The number of hydrogen-bond acceptors (Lipinski definition) is 4. The van der Waals surface area contributed by atoms with Gasteiger partial charge in [-0.25, -0.2) is 0 Å². The van der Waals surface area contributed by atoms with Crippen LogP contribution in [0.1, 0.15) is 49.9 Å². The topological polar surface area (TPSA) is 6.48 Å². The molecule has 0 saturated carbocycles. The van der Waals surface area contributed by atoms with Gasteiger partial charge < -0.3 is 9.80 Å². The third-order valence-electron chi connectivity index (χ3n) is 26.8. The van der Waals surface area contributed by atoms with Gasteiger partial charge in [-0.1, -0.05) is 398 Å². The van der Waals surface area contributed by atoms with Crippen molar-refractivity contribution in [2.24, 2.45) is 0 Å². The molecule has 0 atom stereocenters. The molecule has 2 heterocycles. The van der Waals surface area contributed by atoms with Crippen LogP contribution in [0.25, 0.3) is 174 Å². The van der Waals surface area contributed by atoms with Crippen molar-refractivity contribution in [1.29, 1.82) is 0 Å². The Hall–Kier alpha value is -15.3. The second kappa shape index (κ2) is 32.0. The van der Waals surface area contributed by atoms with Gasteiger partial charge in [0, 0.05) is 85.0 Å². The largest absolute Gasteiger partial charge is 0.310 e. The van der Waals surface area contributed by atoms with Crippen LogP contribution in [-0.2, 0) is 10.8 Å². The summed E-state index contributed by atoms with van der Waals surface area (Å²) in [4.78, 5) is 4.89. The normalized spacial score (nSPS) is 12.7. The van der Waals surface area contributed by atoms with Gasteiger partial charge in [0.2, 0.25) is 0 Å². The highest BCUT2D eigenvalue weighted by Gasteiger charge is 2.39. The molecule has 0 bridgehead atoms. The van der Waals surface area contributed by atoms with Gasteiger partial charge in [-0.3, -0.25) is 0 Å². The average molecular weight is 1670 g/mol. The van der Waals surface area contributed by atoms with Crippen molar-refractivity contribution < 1.29 is 0 Å². The molecule has 2 aliphatic carbocycles. The molecule has 0 unspecified atom stereocenters. The van der Waals surface area contributed by atoms with Gasteiger partial charge in [-0.15, -0.1) is 22.7 Å². The first-order valence-corrected chi connectivity index (χ1v) is 45.9. The van der Waals surface area contributed by atoms with Crippen LogP contribution in [0.3, 0.4) is 0 Å². The summed E-state index contributed by atoms with van der Waals surface area (Å²) in [5.41, 5.74) is 39.2. The molecule has 2 aliphatic rings. The van der Waals surface area contributed by atoms with Crippen molar-refractivity contribution >= 4 is 108 Å². The Labute approximate surface area is 756 Å². The summed E-state index contributed by atoms with van der Waals surface area (Å²) in [5.74, 6) is 0. The maximum absolute atomic E-state index is 2.48. The molecule has 2 nitrogen and oxygen atoms in total. The van der Waals surface area contributed by atoms with Gasteiger partial charge in [0.15, 0.2) is 0 Å². The number of thiophene rings is 2. The third kappa shape index (κ3) is 13.8. The van der Waals surface area contributed by atoms with Crippen molar-refractivity contribution in [1.82, 2.24) is 0 Å². The predicted molar refractivity (Wildman–Crippen MR) is 550 cm³/mol. The van der Waals surface area contributed by atoms with Crippen LogP contribution in [0.5, 0.6) is 0 Å². The van der Waals surface area contributed by atoms with E-state index in [1.165, 1.54) is 196 Å². The molecule has 0 radical (unpaired) electrons. The minimum Gasteiger partial charge on any atom is -0.310 e. The highest BCUT2D eigenvalue weighted by atomic mass is 32.1. The second-order valence-electron chi connectivity index (χ2n) is 35.0. The standard InChI is InChI=1S/C63H45NS.C61H43NS/c1-63(2)59-40-50(43-14-7-4-8-15-43)32-38-55(59)56-39-37-53(41-60(56)63)64(51-33-28-47(29-34-51)45-22-20-44(21-23-45)42-12-5-3-6-13-42)52-35-30-48(31-36-52)46-24-26-49(27-25-46)54-17-11-18-58-57-16-9-10-19-61(57)65-62(54)58;1-61(2)56-38-45(41-16-7-4-8-17-41)30-34-51(56)52-35-33-47(39-57(52)61)62(46-31-28-44(29-32-46)49-21-13-22-55-54-20-11-12-23-59(54)63-60(49)55)58-37-36-48(50-18-9-10-19-53(50)58)43-26-24-42(25-27-43)40-14-5-3-6-15-40/h3-41H,1-2H3;3-39H,1-2H3. The van der Waals surface area contributed by atoms with E-state index in [4.69, 9.17) is 0 Å². The fourth-order valence-electron chi connectivity index (χ4n) is 20.1. The second-order valence-corrected chi connectivity index (χ2v) is 37.1.